The highest BCUT2D eigenvalue weighted by Gasteiger charge is 2.31. The topological polar surface area (TPSA) is 101 Å². The molecule has 4 rings (SSSR count). The van der Waals surface area contributed by atoms with Crippen LogP contribution in [0.15, 0.2) is 23.0 Å². The number of aldehydes is 1. The second-order valence-corrected chi connectivity index (χ2v) is 7.20. The van der Waals surface area contributed by atoms with E-state index < -0.39 is 29.4 Å². The molecule has 0 aliphatic carbocycles. The minimum atomic E-state index is -1.02. The summed E-state index contributed by atoms with van der Waals surface area (Å²) in [6.45, 7) is 1.34. The quantitative estimate of drug-likeness (QED) is 0.622. The average Bonchev–Trinajstić information content (AvgIpc) is 2.71. The highest BCUT2D eigenvalue weighted by atomic mass is 19.1. The van der Waals surface area contributed by atoms with E-state index in [4.69, 9.17) is 0 Å². The summed E-state index contributed by atoms with van der Waals surface area (Å²) in [7, 11) is 0. The minimum Gasteiger partial charge on any atom is -0.371 e. The lowest BCUT2D eigenvalue weighted by molar-refractivity contribution is -0.136. The lowest BCUT2D eigenvalue weighted by Crippen LogP contribution is -2.45. The van der Waals surface area contributed by atoms with Crippen molar-refractivity contribution < 1.29 is 18.8 Å². The minimum absolute atomic E-state index is 0.0445. The van der Waals surface area contributed by atoms with Crippen LogP contribution in [0.3, 0.4) is 0 Å². The van der Waals surface area contributed by atoms with Gasteiger partial charge in [0.2, 0.25) is 11.9 Å². The largest absolute Gasteiger partial charge is 0.371 e. The zero-order valence-corrected chi connectivity index (χ0v) is 15.1. The first-order valence-electron chi connectivity index (χ1n) is 9.24. The van der Waals surface area contributed by atoms with Gasteiger partial charge in [0.15, 0.2) is 0 Å². The van der Waals surface area contributed by atoms with E-state index in [1.807, 2.05) is 4.90 Å². The molecule has 146 valence electrons. The third kappa shape index (κ3) is 3.17. The zero-order valence-electron chi connectivity index (χ0n) is 15.1. The first-order valence-corrected chi connectivity index (χ1v) is 9.24. The van der Waals surface area contributed by atoms with Crippen LogP contribution in [-0.4, -0.2) is 41.0 Å². The van der Waals surface area contributed by atoms with Crippen LogP contribution in [-0.2, 0) is 14.4 Å². The monoisotopic (exact) mass is 386 g/mol. The fraction of sp³-hybridized carbons (Fsp3) is 0.421. The second kappa shape index (κ2) is 7.14. The van der Waals surface area contributed by atoms with Crippen molar-refractivity contribution in [1.82, 2.24) is 15.1 Å². The molecule has 2 aromatic rings. The number of benzene rings is 1. The predicted octanol–water partition coefficient (Wildman–Crippen LogP) is 0.929. The van der Waals surface area contributed by atoms with Crippen molar-refractivity contribution >= 4 is 34.6 Å². The number of nitrogens with one attached hydrogen (secondary N) is 1. The molecule has 0 radical (unpaired) electrons. The summed E-state index contributed by atoms with van der Waals surface area (Å²) in [6, 6.07) is 3.82. The van der Waals surface area contributed by atoms with Crippen molar-refractivity contribution in [3.8, 4) is 0 Å². The first-order chi connectivity index (χ1) is 13.5. The Morgan fingerprint density at radius 2 is 1.86 bits per heavy atom. The van der Waals surface area contributed by atoms with Gasteiger partial charge in [0.1, 0.15) is 12.3 Å². The summed E-state index contributed by atoms with van der Waals surface area (Å²) in [5.41, 5.74) is 0.185. The molecule has 0 spiro atoms. The molecule has 2 fully saturated rings. The number of piperidine rings is 2. The smallest absolute Gasteiger partial charge is 0.275 e. The maximum absolute atomic E-state index is 14.5. The van der Waals surface area contributed by atoms with Crippen LogP contribution >= 0.6 is 0 Å². The van der Waals surface area contributed by atoms with E-state index >= 15 is 0 Å². The molecule has 1 N–H and O–H groups in total. The molecule has 1 aromatic carbocycles. The van der Waals surface area contributed by atoms with E-state index in [9.17, 15) is 23.6 Å². The van der Waals surface area contributed by atoms with Crippen molar-refractivity contribution in [2.24, 2.45) is 5.92 Å². The summed E-state index contributed by atoms with van der Waals surface area (Å²) in [6.07, 6.45) is 2.59. The average molecular weight is 386 g/mol. The fourth-order valence-corrected chi connectivity index (χ4v) is 3.82. The van der Waals surface area contributed by atoms with Crippen molar-refractivity contribution in [3.63, 3.8) is 0 Å². The molecule has 1 atom stereocenters. The summed E-state index contributed by atoms with van der Waals surface area (Å²) in [4.78, 5) is 49.3. The molecule has 2 aliphatic rings. The van der Waals surface area contributed by atoms with Gasteiger partial charge in [-0.2, -0.15) is 4.39 Å². The summed E-state index contributed by atoms with van der Waals surface area (Å²) in [5, 5.41) is 6.05. The van der Waals surface area contributed by atoms with Crippen molar-refractivity contribution in [2.45, 2.75) is 31.7 Å². The molecule has 0 bridgehead atoms. The molecule has 0 saturated carbocycles. The van der Waals surface area contributed by atoms with Crippen LogP contribution in [0.2, 0.25) is 0 Å². The van der Waals surface area contributed by atoms with E-state index in [0.29, 0.717) is 13.1 Å². The Morgan fingerprint density at radius 3 is 2.54 bits per heavy atom. The maximum Gasteiger partial charge on any atom is 0.275 e. The number of imide groups is 1. The molecule has 2 amide bonds. The summed E-state index contributed by atoms with van der Waals surface area (Å²) >= 11 is 0. The number of hydrogen-bond acceptors (Lipinski definition) is 6. The van der Waals surface area contributed by atoms with E-state index in [1.54, 1.807) is 12.1 Å². The summed E-state index contributed by atoms with van der Waals surface area (Å²) < 4.78 is 15.4. The summed E-state index contributed by atoms with van der Waals surface area (Å²) in [5.74, 6) is -1.87. The normalized spacial score (nSPS) is 21.0. The molecule has 1 unspecified atom stereocenters. The standard InChI is InChI=1S/C19H19FN4O4/c20-17-13-2-1-12(23-7-5-11(10-25)6-8-23)9-14(13)19(28)24(22-17)15-3-4-16(26)21-18(15)27/h1-2,9-11,15H,3-8H2,(H,21,26,27). The van der Waals surface area contributed by atoms with Gasteiger partial charge in [-0.3, -0.25) is 19.7 Å². The van der Waals surface area contributed by atoms with Crippen LogP contribution in [0, 0.1) is 11.9 Å². The van der Waals surface area contributed by atoms with Gasteiger partial charge < -0.3 is 9.69 Å². The number of halogens is 1. The second-order valence-electron chi connectivity index (χ2n) is 7.20. The van der Waals surface area contributed by atoms with Gasteiger partial charge in [0.05, 0.1) is 5.39 Å². The van der Waals surface area contributed by atoms with Crippen molar-refractivity contribution in [3.05, 3.63) is 34.5 Å². The number of aromatic nitrogens is 2. The number of anilines is 1. The lowest BCUT2D eigenvalue weighted by atomic mass is 9.98. The van der Waals surface area contributed by atoms with E-state index in [-0.39, 0.29) is 29.5 Å². The van der Waals surface area contributed by atoms with E-state index in [2.05, 4.69) is 10.4 Å². The molecule has 8 nitrogen and oxygen atoms in total. The van der Waals surface area contributed by atoms with Gasteiger partial charge >= 0.3 is 0 Å². The number of amides is 2. The molecule has 1 aromatic heterocycles. The van der Waals surface area contributed by atoms with E-state index in [1.165, 1.54) is 6.07 Å². The Kier molecular flexibility index (Phi) is 4.66. The zero-order chi connectivity index (χ0) is 19.8. The number of rotatable bonds is 3. The van der Waals surface area contributed by atoms with Crippen molar-refractivity contribution in [1.29, 1.82) is 0 Å². The van der Waals surface area contributed by atoms with Crippen LogP contribution < -0.4 is 15.8 Å². The van der Waals surface area contributed by atoms with Crippen LogP contribution in [0.4, 0.5) is 10.1 Å². The number of carbonyl (C=O) groups excluding carboxylic acids is 3. The highest BCUT2D eigenvalue weighted by Crippen LogP contribution is 2.26. The van der Waals surface area contributed by atoms with Crippen molar-refractivity contribution in [2.75, 3.05) is 18.0 Å². The lowest BCUT2D eigenvalue weighted by Gasteiger charge is -2.31. The van der Waals surface area contributed by atoms with Gasteiger partial charge in [0.25, 0.3) is 11.5 Å². The number of nitrogens with zero attached hydrogens (tertiary/aromatic N) is 3. The molecule has 28 heavy (non-hydrogen) atoms. The number of fused-ring (bicyclic) bond motifs is 1. The van der Waals surface area contributed by atoms with Crippen LogP contribution in [0.1, 0.15) is 31.7 Å². The Balaban J connectivity index is 1.73. The predicted molar refractivity (Wildman–Crippen MR) is 98.4 cm³/mol. The highest BCUT2D eigenvalue weighted by molar-refractivity contribution is 5.99. The third-order valence-electron chi connectivity index (χ3n) is 5.46. The maximum atomic E-state index is 14.5. The first kappa shape index (κ1) is 18.3. The Bertz CT molecular complexity index is 1030. The molecule has 2 saturated heterocycles. The van der Waals surface area contributed by atoms with Gasteiger partial charge in [-0.1, -0.05) is 0 Å². The van der Waals surface area contributed by atoms with Crippen LogP contribution in [0.5, 0.6) is 0 Å². The molecular formula is C19H19FN4O4. The van der Waals surface area contributed by atoms with Gasteiger partial charge in [-0.15, -0.1) is 5.10 Å². The molecule has 9 heteroatoms. The molecular weight excluding hydrogens is 367 g/mol. The van der Waals surface area contributed by atoms with Gasteiger partial charge in [0, 0.05) is 36.5 Å². The Morgan fingerprint density at radius 1 is 1.11 bits per heavy atom. The SMILES string of the molecule is O=CC1CCN(c2ccc3c(F)nn(C4CCC(=O)NC4=O)c(=O)c3c2)CC1. The molecule has 2 aliphatic heterocycles. The van der Waals surface area contributed by atoms with Gasteiger partial charge in [-0.25, -0.2) is 4.68 Å². The Labute approximate surface area is 159 Å². The third-order valence-corrected chi connectivity index (χ3v) is 5.46. The van der Waals surface area contributed by atoms with Crippen LogP contribution in [0.25, 0.3) is 10.8 Å². The van der Waals surface area contributed by atoms with Gasteiger partial charge in [-0.05, 0) is 37.5 Å². The Hall–Kier alpha value is -3.10. The molecule has 3 heterocycles. The van der Waals surface area contributed by atoms with E-state index in [0.717, 1.165) is 29.5 Å². The number of hydrogen-bond donors (Lipinski definition) is 1. The number of carbonyl (C=O) groups is 3. The fourth-order valence-electron chi connectivity index (χ4n) is 3.82.